The first-order valence-corrected chi connectivity index (χ1v) is 9.39. The zero-order valence-corrected chi connectivity index (χ0v) is 15.5. The molecule has 144 valence electrons. The minimum Gasteiger partial charge on any atom is -0.427 e. The molecule has 0 aliphatic carbocycles. The number of rotatable bonds is 7. The van der Waals surface area contributed by atoms with Crippen LogP contribution in [0.25, 0.3) is 0 Å². The van der Waals surface area contributed by atoms with Gasteiger partial charge in [-0.1, -0.05) is 30.3 Å². The van der Waals surface area contributed by atoms with Gasteiger partial charge in [-0.15, -0.1) is 0 Å². The van der Waals surface area contributed by atoms with Gasteiger partial charge in [-0.3, -0.25) is 4.79 Å². The van der Waals surface area contributed by atoms with Gasteiger partial charge < -0.3 is 20.2 Å². The van der Waals surface area contributed by atoms with E-state index in [1.807, 2.05) is 18.2 Å². The van der Waals surface area contributed by atoms with E-state index < -0.39 is 11.5 Å². The third kappa shape index (κ3) is 5.05. The van der Waals surface area contributed by atoms with Gasteiger partial charge in [0, 0.05) is 25.0 Å². The predicted octanol–water partition coefficient (Wildman–Crippen LogP) is 1.58. The van der Waals surface area contributed by atoms with E-state index in [1.54, 1.807) is 13.0 Å². The van der Waals surface area contributed by atoms with Crippen LogP contribution < -0.4 is 16.3 Å². The number of benzene rings is 1. The fourth-order valence-electron chi connectivity index (χ4n) is 3.51. The van der Waals surface area contributed by atoms with Crippen LogP contribution in [-0.2, 0) is 12.8 Å². The van der Waals surface area contributed by atoms with Gasteiger partial charge in [-0.25, -0.2) is 4.79 Å². The Morgan fingerprint density at radius 2 is 2.07 bits per heavy atom. The number of carbonyl (C=O) groups is 1. The smallest absolute Gasteiger partial charge is 0.349 e. The number of hydrogen-bond donors (Lipinski definition) is 3. The Hall–Kier alpha value is -2.44. The van der Waals surface area contributed by atoms with E-state index in [9.17, 15) is 9.59 Å². The predicted molar refractivity (Wildman–Crippen MR) is 103 cm³/mol. The molecule has 1 aliphatic heterocycles. The minimum absolute atomic E-state index is 0.0141. The first-order valence-electron chi connectivity index (χ1n) is 9.39. The molecular formula is C21H26N2O4. The Morgan fingerprint density at radius 3 is 2.74 bits per heavy atom. The van der Waals surface area contributed by atoms with Crippen molar-refractivity contribution >= 4 is 5.91 Å². The number of aryl methyl sites for hydroxylation is 3. The van der Waals surface area contributed by atoms with Crippen LogP contribution in [0, 0.1) is 6.92 Å². The van der Waals surface area contributed by atoms with Crippen LogP contribution in [0.2, 0.25) is 0 Å². The molecule has 0 radical (unpaired) electrons. The Balaban J connectivity index is 1.60. The molecule has 0 bridgehead atoms. The fraction of sp³-hybridized carbons (Fsp3) is 0.429. The number of aliphatic hydroxyl groups excluding tert-OH is 1. The second-order valence-electron chi connectivity index (χ2n) is 7.09. The highest BCUT2D eigenvalue weighted by Gasteiger charge is 2.26. The third-order valence-corrected chi connectivity index (χ3v) is 4.94. The molecule has 1 aromatic carbocycles. The van der Waals surface area contributed by atoms with Gasteiger partial charge in [0.15, 0.2) is 0 Å². The Kier molecular flexibility index (Phi) is 6.42. The standard InChI is InChI=1S/C21H26N2O4/c1-14-10-18(9-5-8-15-6-3-2-4-7-15)27-21(26)19(14)20(25)23-16-11-17(13-24)22-12-16/h2-4,6-7,10,16-17,22,24H,5,8-9,11-13H2,1H3,(H,23,25)/t16-,17+/m1/s1. The summed E-state index contributed by atoms with van der Waals surface area (Å²) in [5.74, 6) is 0.190. The molecule has 3 rings (SSSR count). The quantitative estimate of drug-likeness (QED) is 0.688. The minimum atomic E-state index is -0.591. The zero-order chi connectivity index (χ0) is 19.2. The molecule has 1 aromatic heterocycles. The van der Waals surface area contributed by atoms with Crippen LogP contribution in [0.3, 0.4) is 0 Å². The topological polar surface area (TPSA) is 91.6 Å². The molecule has 3 N–H and O–H groups in total. The summed E-state index contributed by atoms with van der Waals surface area (Å²) >= 11 is 0. The number of nitrogens with one attached hydrogen (secondary N) is 2. The van der Waals surface area contributed by atoms with Gasteiger partial charge in [0.25, 0.3) is 5.91 Å². The van der Waals surface area contributed by atoms with E-state index in [4.69, 9.17) is 9.52 Å². The van der Waals surface area contributed by atoms with Gasteiger partial charge in [0.05, 0.1) is 6.61 Å². The molecule has 6 heteroatoms. The summed E-state index contributed by atoms with van der Waals surface area (Å²) in [5.41, 5.74) is 1.35. The Bertz CT molecular complexity index is 832. The number of hydrogen-bond acceptors (Lipinski definition) is 5. The van der Waals surface area contributed by atoms with Crippen molar-refractivity contribution < 1.29 is 14.3 Å². The molecule has 0 unspecified atom stereocenters. The maximum Gasteiger partial charge on any atom is 0.349 e. The molecule has 1 saturated heterocycles. The maximum absolute atomic E-state index is 12.5. The normalized spacial score (nSPS) is 19.2. The lowest BCUT2D eigenvalue weighted by Gasteiger charge is -2.13. The molecule has 0 saturated carbocycles. The Morgan fingerprint density at radius 1 is 1.30 bits per heavy atom. The van der Waals surface area contributed by atoms with Gasteiger partial charge in [-0.2, -0.15) is 0 Å². The summed E-state index contributed by atoms with van der Waals surface area (Å²) in [4.78, 5) is 24.8. The molecule has 1 aliphatic rings. The largest absolute Gasteiger partial charge is 0.427 e. The van der Waals surface area contributed by atoms with Gasteiger partial charge >= 0.3 is 5.63 Å². The van der Waals surface area contributed by atoms with Crippen molar-refractivity contribution in [1.82, 2.24) is 10.6 Å². The number of aliphatic hydroxyl groups is 1. The SMILES string of the molecule is Cc1cc(CCCc2ccccc2)oc(=O)c1C(=O)N[C@H]1CN[C@H](CO)C1. The number of amides is 1. The summed E-state index contributed by atoms with van der Waals surface area (Å²) in [6.45, 7) is 2.38. The van der Waals surface area contributed by atoms with Crippen molar-refractivity contribution in [2.75, 3.05) is 13.2 Å². The van der Waals surface area contributed by atoms with E-state index in [2.05, 4.69) is 22.8 Å². The highest BCUT2D eigenvalue weighted by Crippen LogP contribution is 2.12. The molecule has 1 fully saturated rings. The lowest BCUT2D eigenvalue weighted by molar-refractivity contribution is 0.0934. The van der Waals surface area contributed by atoms with E-state index in [-0.39, 0.29) is 24.3 Å². The fourth-order valence-corrected chi connectivity index (χ4v) is 3.51. The van der Waals surface area contributed by atoms with E-state index in [0.29, 0.717) is 30.7 Å². The number of carbonyl (C=O) groups excluding carboxylic acids is 1. The summed E-state index contributed by atoms with van der Waals surface area (Å²) in [5, 5.41) is 15.1. The highest BCUT2D eigenvalue weighted by molar-refractivity contribution is 5.95. The van der Waals surface area contributed by atoms with E-state index in [0.717, 1.165) is 12.8 Å². The summed E-state index contributed by atoms with van der Waals surface area (Å²) in [7, 11) is 0. The average Bonchev–Trinajstić information content (AvgIpc) is 3.09. The third-order valence-electron chi connectivity index (χ3n) is 4.94. The molecule has 1 amide bonds. The molecule has 2 aromatic rings. The van der Waals surface area contributed by atoms with Gasteiger partial charge in [0.1, 0.15) is 11.3 Å². The van der Waals surface area contributed by atoms with Crippen molar-refractivity contribution in [3.63, 3.8) is 0 Å². The molecular weight excluding hydrogens is 344 g/mol. The first kappa shape index (κ1) is 19.3. The highest BCUT2D eigenvalue weighted by atomic mass is 16.4. The van der Waals surface area contributed by atoms with E-state index in [1.165, 1.54) is 5.56 Å². The van der Waals surface area contributed by atoms with Crippen molar-refractivity contribution in [3.8, 4) is 0 Å². The summed E-state index contributed by atoms with van der Waals surface area (Å²) < 4.78 is 5.38. The van der Waals surface area contributed by atoms with Gasteiger partial charge in [0.2, 0.25) is 0 Å². The second kappa shape index (κ2) is 8.97. The summed E-state index contributed by atoms with van der Waals surface area (Å²) in [6.07, 6.45) is 3.07. The van der Waals surface area contributed by atoms with Crippen LogP contribution in [-0.4, -0.2) is 36.2 Å². The second-order valence-corrected chi connectivity index (χ2v) is 7.09. The van der Waals surface area contributed by atoms with Crippen LogP contribution >= 0.6 is 0 Å². The van der Waals surface area contributed by atoms with Crippen molar-refractivity contribution in [3.05, 3.63) is 69.3 Å². The Labute approximate surface area is 158 Å². The van der Waals surface area contributed by atoms with Crippen LogP contribution in [0.15, 0.2) is 45.6 Å². The average molecular weight is 370 g/mol. The van der Waals surface area contributed by atoms with Crippen LogP contribution in [0.1, 0.15) is 40.1 Å². The first-order chi connectivity index (χ1) is 13.1. The van der Waals surface area contributed by atoms with Gasteiger partial charge in [-0.05, 0) is 43.4 Å². The van der Waals surface area contributed by atoms with Crippen LogP contribution in [0.4, 0.5) is 0 Å². The monoisotopic (exact) mass is 370 g/mol. The molecule has 27 heavy (non-hydrogen) atoms. The zero-order valence-electron chi connectivity index (χ0n) is 15.5. The molecule has 2 heterocycles. The maximum atomic E-state index is 12.5. The van der Waals surface area contributed by atoms with Crippen molar-refractivity contribution in [1.29, 1.82) is 0 Å². The summed E-state index contributed by atoms with van der Waals surface area (Å²) in [6, 6.07) is 11.8. The molecule has 0 spiro atoms. The molecule has 2 atom stereocenters. The lowest BCUT2D eigenvalue weighted by atomic mass is 10.1. The molecule has 6 nitrogen and oxygen atoms in total. The van der Waals surface area contributed by atoms with Crippen molar-refractivity contribution in [2.45, 2.75) is 44.7 Å². The van der Waals surface area contributed by atoms with Crippen molar-refractivity contribution in [2.24, 2.45) is 0 Å². The lowest BCUT2D eigenvalue weighted by Crippen LogP contribution is -2.38. The van der Waals surface area contributed by atoms with Crippen LogP contribution in [0.5, 0.6) is 0 Å². The van der Waals surface area contributed by atoms with E-state index >= 15 is 0 Å².